The quantitative estimate of drug-likeness (QED) is 0.564. The second-order valence-electron chi connectivity index (χ2n) is 8.02. The molecule has 35 heavy (non-hydrogen) atoms. The lowest BCUT2D eigenvalue weighted by atomic mass is 10.1. The number of halogens is 2. The van der Waals surface area contributed by atoms with E-state index in [4.69, 9.17) is 9.47 Å². The second-order valence-corrected chi connectivity index (χ2v) is 8.02. The van der Waals surface area contributed by atoms with E-state index in [1.54, 1.807) is 25.1 Å². The maximum Gasteiger partial charge on any atom is 0.262 e. The highest BCUT2D eigenvalue weighted by molar-refractivity contribution is 6.07. The van der Waals surface area contributed by atoms with Crippen molar-refractivity contribution in [2.45, 2.75) is 25.9 Å². The van der Waals surface area contributed by atoms with E-state index in [2.05, 4.69) is 26.3 Å². The van der Waals surface area contributed by atoms with Gasteiger partial charge < -0.3 is 19.7 Å². The number of carbonyl (C=O) groups is 1. The molecule has 0 spiro atoms. The van der Waals surface area contributed by atoms with Gasteiger partial charge in [-0.2, -0.15) is 10.2 Å². The summed E-state index contributed by atoms with van der Waals surface area (Å²) in [6.45, 7) is 2.83. The summed E-state index contributed by atoms with van der Waals surface area (Å²) in [7, 11) is 1.42. The van der Waals surface area contributed by atoms with Crippen molar-refractivity contribution < 1.29 is 23.0 Å². The number of ether oxygens (including phenoxy) is 2. The van der Waals surface area contributed by atoms with Crippen molar-refractivity contribution in [3.05, 3.63) is 71.2 Å². The minimum Gasteiger partial charge on any atom is -0.487 e. The number of nitriles is 1. The fourth-order valence-corrected chi connectivity index (χ4v) is 3.90. The molecule has 0 unspecified atom stereocenters. The van der Waals surface area contributed by atoms with Crippen molar-refractivity contribution in [2.24, 2.45) is 0 Å². The Kier molecular flexibility index (Phi) is 7.06. The molecule has 3 aromatic rings. The minimum atomic E-state index is -0.736. The molecule has 1 aromatic heterocycles. The standard InChI is InChI=1S/C25H23F2N5O3/c1-15-29-14-19(25(30-15)34-2)24(33)31-21-11-16(13-28)3-5-22(21)32-9-7-18(8-10-32)35-23-6-4-17(26)12-20(23)27/h3-6,11-12,14,18H,7-10H2,1-2H3,(H,31,33). The van der Waals surface area contributed by atoms with Crippen LogP contribution in [0.3, 0.4) is 0 Å². The van der Waals surface area contributed by atoms with Crippen LogP contribution < -0.4 is 19.7 Å². The smallest absolute Gasteiger partial charge is 0.262 e. The highest BCUT2D eigenvalue weighted by Crippen LogP contribution is 2.32. The van der Waals surface area contributed by atoms with Gasteiger partial charge in [-0.05, 0) is 37.3 Å². The molecular weight excluding hydrogens is 456 g/mol. The molecule has 0 saturated carbocycles. The van der Waals surface area contributed by atoms with Crippen LogP contribution in [-0.2, 0) is 0 Å². The Bertz CT molecular complexity index is 1290. The topological polar surface area (TPSA) is 100 Å². The lowest BCUT2D eigenvalue weighted by Crippen LogP contribution is -2.38. The molecule has 0 radical (unpaired) electrons. The lowest BCUT2D eigenvalue weighted by molar-refractivity contribution is 0.102. The summed E-state index contributed by atoms with van der Waals surface area (Å²) in [5, 5.41) is 12.2. The molecule has 180 valence electrons. The summed E-state index contributed by atoms with van der Waals surface area (Å²) in [4.78, 5) is 23.3. The van der Waals surface area contributed by atoms with Crippen LogP contribution in [0.1, 0.15) is 34.6 Å². The predicted molar refractivity (Wildman–Crippen MR) is 125 cm³/mol. The first-order valence-electron chi connectivity index (χ1n) is 11.0. The highest BCUT2D eigenvalue weighted by atomic mass is 19.1. The van der Waals surface area contributed by atoms with Crippen LogP contribution in [0.25, 0.3) is 0 Å². The van der Waals surface area contributed by atoms with Crippen LogP contribution in [0.2, 0.25) is 0 Å². The average molecular weight is 479 g/mol. The summed E-state index contributed by atoms with van der Waals surface area (Å²) < 4.78 is 38.1. The number of nitrogens with one attached hydrogen (secondary N) is 1. The molecule has 8 nitrogen and oxygen atoms in total. The molecule has 0 bridgehead atoms. The van der Waals surface area contributed by atoms with E-state index in [-0.39, 0.29) is 23.3 Å². The van der Waals surface area contributed by atoms with Crippen LogP contribution in [0.5, 0.6) is 11.6 Å². The number of aryl methyl sites for hydroxylation is 1. The van der Waals surface area contributed by atoms with Crippen LogP contribution in [0, 0.1) is 29.9 Å². The normalized spacial score (nSPS) is 13.7. The third kappa shape index (κ3) is 5.46. The van der Waals surface area contributed by atoms with Crippen molar-refractivity contribution in [3.63, 3.8) is 0 Å². The molecule has 1 aliphatic heterocycles. The maximum atomic E-state index is 13.9. The van der Waals surface area contributed by atoms with Crippen molar-refractivity contribution in [2.75, 3.05) is 30.4 Å². The number of hydrogen-bond acceptors (Lipinski definition) is 7. The van der Waals surface area contributed by atoms with E-state index < -0.39 is 17.5 Å². The summed E-state index contributed by atoms with van der Waals surface area (Å²) in [6.07, 6.45) is 2.33. The second kappa shape index (κ2) is 10.3. The SMILES string of the molecule is COc1nc(C)ncc1C(=O)Nc1cc(C#N)ccc1N1CCC(Oc2ccc(F)cc2F)CC1. The molecule has 1 amide bonds. The zero-order valence-electron chi connectivity index (χ0n) is 19.2. The number of amides is 1. The minimum absolute atomic E-state index is 0.0189. The molecule has 1 aliphatic rings. The third-order valence-electron chi connectivity index (χ3n) is 5.66. The predicted octanol–water partition coefficient (Wildman–Crippen LogP) is 4.24. The first-order valence-corrected chi connectivity index (χ1v) is 11.0. The van der Waals surface area contributed by atoms with Crippen molar-refractivity contribution >= 4 is 17.3 Å². The number of carbonyl (C=O) groups excluding carboxylic acids is 1. The number of rotatable bonds is 6. The number of methoxy groups -OCH3 is 1. The fourth-order valence-electron chi connectivity index (χ4n) is 3.90. The van der Waals surface area contributed by atoms with E-state index in [0.29, 0.717) is 43.0 Å². The Balaban J connectivity index is 1.50. The molecular formula is C25H23F2N5O3. The summed E-state index contributed by atoms with van der Waals surface area (Å²) in [6, 6.07) is 10.4. The first kappa shape index (κ1) is 23.9. The number of anilines is 2. The summed E-state index contributed by atoms with van der Waals surface area (Å²) in [5.74, 6) is -1.22. The average Bonchev–Trinajstić information content (AvgIpc) is 2.86. The Hall–Kier alpha value is -4.26. The third-order valence-corrected chi connectivity index (χ3v) is 5.66. The molecule has 1 N–H and O–H groups in total. The van der Waals surface area contributed by atoms with Crippen LogP contribution in [0.4, 0.5) is 20.2 Å². The monoisotopic (exact) mass is 479 g/mol. The van der Waals surface area contributed by atoms with Gasteiger partial charge >= 0.3 is 0 Å². The lowest BCUT2D eigenvalue weighted by Gasteiger charge is -2.35. The van der Waals surface area contributed by atoms with Gasteiger partial charge in [0, 0.05) is 38.2 Å². The number of benzene rings is 2. The molecule has 2 aromatic carbocycles. The van der Waals surface area contributed by atoms with Crippen molar-refractivity contribution in [3.8, 4) is 17.7 Å². The van der Waals surface area contributed by atoms with Gasteiger partial charge in [0.2, 0.25) is 5.88 Å². The molecule has 1 fully saturated rings. The van der Waals surface area contributed by atoms with Gasteiger partial charge in [0.25, 0.3) is 5.91 Å². The Morgan fingerprint density at radius 2 is 1.97 bits per heavy atom. The van der Waals surface area contributed by atoms with Crippen molar-refractivity contribution in [1.29, 1.82) is 5.26 Å². The van der Waals surface area contributed by atoms with Crippen molar-refractivity contribution in [1.82, 2.24) is 9.97 Å². The van der Waals surface area contributed by atoms with E-state index in [9.17, 15) is 18.8 Å². The molecule has 4 rings (SSSR count). The fraction of sp³-hybridized carbons (Fsp3) is 0.280. The molecule has 0 aliphatic carbocycles. The van der Waals surface area contributed by atoms with E-state index >= 15 is 0 Å². The summed E-state index contributed by atoms with van der Waals surface area (Å²) >= 11 is 0. The number of hydrogen-bond donors (Lipinski definition) is 1. The van der Waals surface area contributed by atoms with E-state index in [1.807, 2.05) is 0 Å². The van der Waals surface area contributed by atoms with Gasteiger partial charge in [0.1, 0.15) is 23.3 Å². The summed E-state index contributed by atoms with van der Waals surface area (Å²) in [5.41, 5.74) is 1.75. The Labute approximate surface area is 201 Å². The van der Waals surface area contributed by atoms with Gasteiger partial charge in [-0.3, -0.25) is 4.79 Å². The largest absolute Gasteiger partial charge is 0.487 e. The van der Waals surface area contributed by atoms with Crippen LogP contribution >= 0.6 is 0 Å². The van der Waals surface area contributed by atoms with Gasteiger partial charge in [-0.25, -0.2) is 13.8 Å². The molecule has 0 atom stereocenters. The number of aromatic nitrogens is 2. The number of nitrogens with zero attached hydrogens (tertiary/aromatic N) is 4. The van der Waals surface area contributed by atoms with Gasteiger partial charge in [0.05, 0.1) is 30.1 Å². The van der Waals surface area contributed by atoms with E-state index in [0.717, 1.165) is 17.8 Å². The van der Waals surface area contributed by atoms with Gasteiger partial charge in [-0.15, -0.1) is 0 Å². The highest BCUT2D eigenvalue weighted by Gasteiger charge is 2.25. The van der Waals surface area contributed by atoms with Crippen LogP contribution in [0.15, 0.2) is 42.6 Å². The zero-order valence-corrected chi connectivity index (χ0v) is 19.2. The van der Waals surface area contributed by atoms with Gasteiger partial charge in [0.15, 0.2) is 11.6 Å². The Morgan fingerprint density at radius 1 is 1.20 bits per heavy atom. The van der Waals surface area contributed by atoms with Gasteiger partial charge in [-0.1, -0.05) is 0 Å². The molecule has 1 saturated heterocycles. The maximum absolute atomic E-state index is 13.9. The zero-order chi connectivity index (χ0) is 24.9. The molecule has 10 heteroatoms. The van der Waals surface area contributed by atoms with Crippen LogP contribution in [-0.4, -0.2) is 42.2 Å². The Morgan fingerprint density at radius 3 is 2.66 bits per heavy atom. The number of piperidine rings is 1. The molecule has 2 heterocycles. The van der Waals surface area contributed by atoms with E-state index in [1.165, 1.54) is 19.4 Å². The first-order chi connectivity index (χ1) is 16.9.